The number of nitrogens with two attached hydrogens (primary N) is 1. The van der Waals surface area contributed by atoms with Crippen LogP contribution in [0.1, 0.15) is 12.8 Å². The molecule has 0 amide bonds. The lowest BCUT2D eigenvalue weighted by Gasteiger charge is -2.20. The van der Waals surface area contributed by atoms with Gasteiger partial charge in [0.05, 0.1) is 25.4 Å². The Morgan fingerprint density at radius 3 is 1.53 bits per heavy atom. The molecule has 0 atom stereocenters. The fourth-order valence-electron chi connectivity index (χ4n) is 0.380. The lowest BCUT2D eigenvalue weighted by Crippen LogP contribution is -2.50. The number of carboxylic acid groups (broad SMARTS) is 1. The molecule has 0 radical (unpaired) electrons. The van der Waals surface area contributed by atoms with Crippen molar-refractivity contribution in [3.63, 3.8) is 0 Å². The summed E-state index contributed by atoms with van der Waals surface area (Å²) in [7, 11) is 0. The van der Waals surface area contributed by atoms with Crippen LogP contribution in [0.4, 0.5) is 0 Å². The molecule has 0 aromatic rings. The van der Waals surface area contributed by atoms with E-state index in [0.717, 1.165) is 0 Å². The van der Waals surface area contributed by atoms with E-state index < -0.39 is 31.3 Å². The predicted molar refractivity (Wildman–Crippen MR) is 52.1 cm³/mol. The molecule has 92 valence electrons. The van der Waals surface area contributed by atoms with Crippen LogP contribution in [0.2, 0.25) is 0 Å². The van der Waals surface area contributed by atoms with Crippen molar-refractivity contribution in [2.24, 2.45) is 5.73 Å². The fraction of sp³-hybridized carbons (Fsp3) is 0.875. The standard InChI is InChI=1S/C4H11NO3.C4H8O3/c5-4(1-6,2-7)3-8;5-3-1-2-4(6)7/h6-8H,1-3,5H2;5H,1-3H2,(H,6,7). The maximum Gasteiger partial charge on any atom is 0.303 e. The second-order valence-corrected chi connectivity index (χ2v) is 3.06. The topological polar surface area (TPSA) is 144 Å². The molecule has 0 bridgehead atoms. The largest absolute Gasteiger partial charge is 0.481 e. The van der Waals surface area contributed by atoms with Gasteiger partial charge in [-0.3, -0.25) is 4.79 Å². The molecule has 7 nitrogen and oxygen atoms in total. The minimum absolute atomic E-state index is 0.0354. The Morgan fingerprint density at radius 2 is 1.47 bits per heavy atom. The van der Waals surface area contributed by atoms with E-state index in [9.17, 15) is 4.79 Å². The molecule has 0 saturated carbocycles. The zero-order chi connectivity index (χ0) is 12.3. The summed E-state index contributed by atoms with van der Waals surface area (Å²) in [5, 5.41) is 41.0. The average Bonchev–Trinajstić information content (AvgIpc) is 2.26. The predicted octanol–water partition coefficient (Wildman–Crippen LogP) is -2.50. The molecule has 0 aromatic heterocycles. The van der Waals surface area contributed by atoms with Gasteiger partial charge in [-0.15, -0.1) is 0 Å². The number of carboxylic acids is 1. The SMILES string of the molecule is NC(CO)(CO)CO.O=C(O)CCCO. The number of aliphatic hydroxyl groups excluding tert-OH is 4. The minimum Gasteiger partial charge on any atom is -0.481 e. The fourth-order valence-corrected chi connectivity index (χ4v) is 0.380. The van der Waals surface area contributed by atoms with Crippen LogP contribution in [0.3, 0.4) is 0 Å². The molecule has 0 aliphatic carbocycles. The van der Waals surface area contributed by atoms with E-state index in [1.54, 1.807) is 0 Å². The first-order chi connectivity index (χ1) is 6.95. The van der Waals surface area contributed by atoms with Crippen molar-refractivity contribution in [1.82, 2.24) is 0 Å². The molecule has 7 N–H and O–H groups in total. The molecule has 0 fully saturated rings. The van der Waals surface area contributed by atoms with Crippen molar-refractivity contribution in [3.05, 3.63) is 0 Å². The molecular weight excluding hydrogens is 206 g/mol. The quantitative estimate of drug-likeness (QED) is 0.293. The highest BCUT2D eigenvalue weighted by Gasteiger charge is 2.20. The van der Waals surface area contributed by atoms with Crippen molar-refractivity contribution in [2.45, 2.75) is 18.4 Å². The van der Waals surface area contributed by atoms with Gasteiger partial charge in [-0.05, 0) is 6.42 Å². The van der Waals surface area contributed by atoms with Crippen LogP contribution in [0.15, 0.2) is 0 Å². The molecule has 0 rings (SSSR count). The molecule has 0 aliphatic heterocycles. The van der Waals surface area contributed by atoms with Gasteiger partial charge in [-0.25, -0.2) is 0 Å². The number of carbonyl (C=O) groups is 1. The Morgan fingerprint density at radius 1 is 1.07 bits per heavy atom. The van der Waals surface area contributed by atoms with Crippen LogP contribution in [-0.2, 0) is 4.79 Å². The number of hydrogen-bond acceptors (Lipinski definition) is 6. The van der Waals surface area contributed by atoms with Crippen LogP contribution in [0.5, 0.6) is 0 Å². The number of aliphatic carboxylic acids is 1. The highest BCUT2D eigenvalue weighted by Crippen LogP contribution is 1.93. The van der Waals surface area contributed by atoms with Gasteiger partial charge in [-0.1, -0.05) is 0 Å². The van der Waals surface area contributed by atoms with E-state index in [1.807, 2.05) is 0 Å². The van der Waals surface area contributed by atoms with Crippen LogP contribution < -0.4 is 5.73 Å². The monoisotopic (exact) mass is 225 g/mol. The highest BCUT2D eigenvalue weighted by molar-refractivity contribution is 5.66. The van der Waals surface area contributed by atoms with Crippen molar-refractivity contribution in [1.29, 1.82) is 0 Å². The summed E-state index contributed by atoms with van der Waals surface area (Å²) in [6, 6.07) is 0. The van der Waals surface area contributed by atoms with Gasteiger partial charge in [0.25, 0.3) is 0 Å². The van der Waals surface area contributed by atoms with Crippen molar-refractivity contribution in [2.75, 3.05) is 26.4 Å². The molecule has 0 unspecified atom stereocenters. The summed E-state index contributed by atoms with van der Waals surface area (Å²) in [6.45, 7) is -1.24. The molecule has 0 heterocycles. The van der Waals surface area contributed by atoms with Gasteiger partial charge in [0.2, 0.25) is 0 Å². The first-order valence-electron chi connectivity index (χ1n) is 4.40. The van der Waals surface area contributed by atoms with Gasteiger partial charge in [0, 0.05) is 13.0 Å². The average molecular weight is 225 g/mol. The normalized spacial score (nSPS) is 10.5. The van der Waals surface area contributed by atoms with E-state index in [2.05, 4.69) is 0 Å². The van der Waals surface area contributed by atoms with E-state index in [1.165, 1.54) is 0 Å². The van der Waals surface area contributed by atoms with Gasteiger partial charge in [0.1, 0.15) is 0 Å². The summed E-state index contributed by atoms with van der Waals surface area (Å²) < 4.78 is 0. The Balaban J connectivity index is 0. The van der Waals surface area contributed by atoms with Crippen molar-refractivity contribution < 1.29 is 30.3 Å². The zero-order valence-electron chi connectivity index (χ0n) is 8.46. The number of aliphatic hydroxyl groups is 4. The van der Waals surface area contributed by atoms with E-state index in [0.29, 0.717) is 6.42 Å². The third-order valence-corrected chi connectivity index (χ3v) is 1.49. The summed E-state index contributed by atoms with van der Waals surface area (Å²) in [5.74, 6) is -0.853. The lowest BCUT2D eigenvalue weighted by atomic mass is 10.1. The Bertz CT molecular complexity index is 151. The van der Waals surface area contributed by atoms with Gasteiger partial charge in [-0.2, -0.15) is 0 Å². The molecular formula is C8H19NO6. The summed E-state index contributed by atoms with van der Waals surface area (Å²) in [6.07, 6.45) is 0.422. The Labute approximate surface area is 87.8 Å². The van der Waals surface area contributed by atoms with E-state index >= 15 is 0 Å². The first-order valence-corrected chi connectivity index (χ1v) is 4.40. The molecule has 0 aliphatic rings. The molecule has 7 heteroatoms. The lowest BCUT2D eigenvalue weighted by molar-refractivity contribution is -0.137. The van der Waals surface area contributed by atoms with Crippen LogP contribution in [-0.4, -0.2) is 63.5 Å². The minimum atomic E-state index is -1.21. The maximum absolute atomic E-state index is 9.65. The van der Waals surface area contributed by atoms with Crippen LogP contribution in [0, 0.1) is 0 Å². The summed E-state index contributed by atoms with van der Waals surface area (Å²) in [4.78, 5) is 9.65. The first kappa shape index (κ1) is 16.7. The van der Waals surface area contributed by atoms with Crippen molar-refractivity contribution >= 4 is 5.97 Å². The van der Waals surface area contributed by atoms with Gasteiger partial charge in [0.15, 0.2) is 0 Å². The Kier molecular flexibility index (Phi) is 10.9. The second-order valence-electron chi connectivity index (χ2n) is 3.06. The Hall–Kier alpha value is -0.730. The smallest absolute Gasteiger partial charge is 0.303 e. The van der Waals surface area contributed by atoms with Crippen molar-refractivity contribution in [3.8, 4) is 0 Å². The highest BCUT2D eigenvalue weighted by atomic mass is 16.4. The number of hydrogen-bond donors (Lipinski definition) is 6. The number of rotatable bonds is 6. The summed E-state index contributed by atoms with van der Waals surface area (Å²) >= 11 is 0. The molecule has 0 saturated heterocycles. The third-order valence-electron chi connectivity index (χ3n) is 1.49. The van der Waals surface area contributed by atoms with Gasteiger partial charge >= 0.3 is 5.97 Å². The van der Waals surface area contributed by atoms with E-state index in [-0.39, 0.29) is 13.0 Å². The third kappa shape index (κ3) is 11.2. The zero-order valence-corrected chi connectivity index (χ0v) is 8.46. The second kappa shape index (κ2) is 9.81. The van der Waals surface area contributed by atoms with Crippen LogP contribution >= 0.6 is 0 Å². The maximum atomic E-state index is 9.65. The van der Waals surface area contributed by atoms with Crippen LogP contribution in [0.25, 0.3) is 0 Å². The molecule has 0 spiro atoms. The van der Waals surface area contributed by atoms with E-state index in [4.69, 9.17) is 31.3 Å². The molecule has 15 heavy (non-hydrogen) atoms. The molecule has 0 aromatic carbocycles. The van der Waals surface area contributed by atoms with Gasteiger partial charge < -0.3 is 31.3 Å². The summed E-state index contributed by atoms with van der Waals surface area (Å²) in [5.41, 5.74) is 3.94.